The van der Waals surface area contributed by atoms with Gasteiger partial charge in [0.2, 0.25) is 0 Å². The molecule has 1 heterocycles. The van der Waals surface area contributed by atoms with Gasteiger partial charge in [-0.3, -0.25) is 4.98 Å². The van der Waals surface area contributed by atoms with Gasteiger partial charge in [-0.15, -0.1) is 0 Å². The van der Waals surface area contributed by atoms with Crippen molar-refractivity contribution in [1.82, 2.24) is 4.98 Å². The van der Waals surface area contributed by atoms with E-state index in [9.17, 15) is 5.11 Å². The van der Waals surface area contributed by atoms with E-state index in [2.05, 4.69) is 4.98 Å². The number of aromatic nitrogens is 1. The third-order valence-electron chi connectivity index (χ3n) is 2.51. The Labute approximate surface area is 84.7 Å². The number of ether oxygens (including phenoxy) is 1. The molecule has 2 atom stereocenters. The molecule has 0 spiro atoms. The van der Waals surface area contributed by atoms with Crippen LogP contribution in [0.4, 0.5) is 0 Å². The van der Waals surface area contributed by atoms with Crippen molar-refractivity contribution in [3.8, 4) is 0 Å². The summed E-state index contributed by atoms with van der Waals surface area (Å²) >= 11 is 0. The highest BCUT2D eigenvalue weighted by molar-refractivity contribution is 5.12. The molecule has 14 heavy (non-hydrogen) atoms. The minimum absolute atomic E-state index is 0.192. The lowest BCUT2D eigenvalue weighted by molar-refractivity contribution is -0.0716. The molecule has 1 rings (SSSR count). The van der Waals surface area contributed by atoms with Gasteiger partial charge in [0.15, 0.2) is 0 Å². The molecule has 0 fully saturated rings. The van der Waals surface area contributed by atoms with Crippen LogP contribution < -0.4 is 0 Å². The van der Waals surface area contributed by atoms with Crippen molar-refractivity contribution in [2.24, 2.45) is 0 Å². The summed E-state index contributed by atoms with van der Waals surface area (Å²) in [4.78, 5) is 4.00. The first-order valence-corrected chi connectivity index (χ1v) is 4.70. The van der Waals surface area contributed by atoms with E-state index in [-0.39, 0.29) is 6.10 Å². The summed E-state index contributed by atoms with van der Waals surface area (Å²) in [5, 5.41) is 10.1. The molecule has 0 bridgehead atoms. The molecule has 78 valence electrons. The van der Waals surface area contributed by atoms with Crippen molar-refractivity contribution in [3.63, 3.8) is 0 Å². The summed E-state index contributed by atoms with van der Waals surface area (Å²) in [6.07, 6.45) is 3.84. The molecular formula is C11H17NO2. The van der Waals surface area contributed by atoms with Gasteiger partial charge in [0.05, 0.1) is 11.7 Å². The summed E-state index contributed by atoms with van der Waals surface area (Å²) in [5.41, 5.74) is 0.166. The summed E-state index contributed by atoms with van der Waals surface area (Å²) in [5.74, 6) is 0. The molecule has 1 aromatic heterocycles. The molecule has 0 aliphatic carbocycles. The summed E-state index contributed by atoms with van der Waals surface area (Å²) in [7, 11) is 1.60. The van der Waals surface area contributed by atoms with Crippen LogP contribution in [0.5, 0.6) is 0 Å². The molecular weight excluding hydrogens is 178 g/mol. The lowest BCUT2D eigenvalue weighted by atomic mass is 9.92. The molecule has 0 aliphatic heterocycles. The predicted molar refractivity (Wildman–Crippen MR) is 55.0 cm³/mol. The summed E-state index contributed by atoms with van der Waals surface area (Å²) in [6.45, 7) is 3.63. The molecule has 3 heteroatoms. The molecule has 0 radical (unpaired) electrons. The predicted octanol–water partition coefficient (Wildman–Crippen LogP) is 1.41. The molecule has 0 amide bonds. The van der Waals surface area contributed by atoms with Gasteiger partial charge < -0.3 is 9.84 Å². The van der Waals surface area contributed by atoms with E-state index in [4.69, 9.17) is 4.74 Å². The fourth-order valence-corrected chi connectivity index (χ4v) is 1.31. The highest BCUT2D eigenvalue weighted by Crippen LogP contribution is 2.18. The van der Waals surface area contributed by atoms with Crippen molar-refractivity contribution in [2.75, 3.05) is 7.11 Å². The topological polar surface area (TPSA) is 42.4 Å². The number of hydrogen-bond donors (Lipinski definition) is 1. The first kappa shape index (κ1) is 11.1. The SMILES string of the molecule is COC(C)C(C)(O)Cc1cccnc1. The van der Waals surface area contributed by atoms with E-state index >= 15 is 0 Å². The Balaban J connectivity index is 2.68. The minimum Gasteiger partial charge on any atom is -0.387 e. The van der Waals surface area contributed by atoms with Crippen molar-refractivity contribution in [1.29, 1.82) is 0 Å². The van der Waals surface area contributed by atoms with Crippen LogP contribution in [0.3, 0.4) is 0 Å². The molecule has 1 N–H and O–H groups in total. The standard InChI is InChI=1S/C11H17NO2/c1-9(14-3)11(2,13)7-10-5-4-6-12-8-10/h4-6,8-9,13H,7H2,1-3H3. The first-order valence-electron chi connectivity index (χ1n) is 4.70. The van der Waals surface area contributed by atoms with Crippen molar-refractivity contribution < 1.29 is 9.84 Å². The van der Waals surface area contributed by atoms with Gasteiger partial charge in [0, 0.05) is 25.9 Å². The van der Waals surface area contributed by atoms with Crippen LogP contribution in [0.15, 0.2) is 24.5 Å². The summed E-state index contributed by atoms with van der Waals surface area (Å²) < 4.78 is 5.12. The van der Waals surface area contributed by atoms with E-state index in [1.807, 2.05) is 19.1 Å². The van der Waals surface area contributed by atoms with Gasteiger partial charge in [0.25, 0.3) is 0 Å². The van der Waals surface area contributed by atoms with E-state index in [0.29, 0.717) is 6.42 Å². The normalized spacial score (nSPS) is 17.4. The number of pyridine rings is 1. The molecule has 3 nitrogen and oxygen atoms in total. The molecule has 0 aromatic carbocycles. The van der Waals surface area contributed by atoms with Crippen LogP contribution in [0.25, 0.3) is 0 Å². The van der Waals surface area contributed by atoms with Crippen molar-refractivity contribution >= 4 is 0 Å². The second-order valence-electron chi connectivity index (χ2n) is 3.77. The molecule has 0 saturated heterocycles. The van der Waals surface area contributed by atoms with Gasteiger partial charge >= 0.3 is 0 Å². The second kappa shape index (κ2) is 4.53. The quantitative estimate of drug-likeness (QED) is 0.790. The van der Waals surface area contributed by atoms with Crippen LogP contribution in [-0.2, 0) is 11.2 Å². The fraction of sp³-hybridized carbons (Fsp3) is 0.545. The second-order valence-corrected chi connectivity index (χ2v) is 3.77. The zero-order valence-electron chi connectivity index (χ0n) is 8.90. The van der Waals surface area contributed by atoms with Crippen LogP contribution in [0, 0.1) is 0 Å². The van der Waals surface area contributed by atoms with Crippen molar-refractivity contribution in [2.45, 2.75) is 32.0 Å². The Hall–Kier alpha value is -0.930. The lowest BCUT2D eigenvalue weighted by Crippen LogP contribution is -2.40. The largest absolute Gasteiger partial charge is 0.387 e. The Morgan fingerprint density at radius 2 is 2.36 bits per heavy atom. The average Bonchev–Trinajstić information content (AvgIpc) is 2.17. The first-order chi connectivity index (χ1) is 6.56. The van der Waals surface area contributed by atoms with Gasteiger partial charge in [-0.05, 0) is 25.5 Å². The fourth-order valence-electron chi connectivity index (χ4n) is 1.31. The molecule has 1 aromatic rings. The Morgan fingerprint density at radius 3 is 2.86 bits per heavy atom. The average molecular weight is 195 g/mol. The van der Waals surface area contributed by atoms with Crippen LogP contribution in [0.1, 0.15) is 19.4 Å². The smallest absolute Gasteiger partial charge is 0.0917 e. The highest BCUT2D eigenvalue weighted by atomic mass is 16.5. The molecule has 0 aliphatic rings. The van der Waals surface area contributed by atoms with Crippen molar-refractivity contribution in [3.05, 3.63) is 30.1 Å². The lowest BCUT2D eigenvalue weighted by Gasteiger charge is -2.29. The van der Waals surface area contributed by atoms with E-state index in [1.54, 1.807) is 26.4 Å². The monoisotopic (exact) mass is 195 g/mol. The Kier molecular flexibility index (Phi) is 3.61. The van der Waals surface area contributed by atoms with E-state index in [1.165, 1.54) is 0 Å². The van der Waals surface area contributed by atoms with Crippen LogP contribution in [-0.4, -0.2) is 28.9 Å². The maximum Gasteiger partial charge on any atom is 0.0917 e. The number of nitrogens with zero attached hydrogens (tertiary/aromatic N) is 1. The number of methoxy groups -OCH3 is 1. The Bertz CT molecular complexity index is 272. The highest BCUT2D eigenvalue weighted by Gasteiger charge is 2.28. The van der Waals surface area contributed by atoms with E-state index < -0.39 is 5.60 Å². The van der Waals surface area contributed by atoms with Crippen LogP contribution in [0.2, 0.25) is 0 Å². The summed E-state index contributed by atoms with van der Waals surface area (Å²) in [6, 6.07) is 3.81. The number of aliphatic hydroxyl groups is 1. The third kappa shape index (κ3) is 2.79. The third-order valence-corrected chi connectivity index (χ3v) is 2.51. The molecule has 2 unspecified atom stereocenters. The van der Waals surface area contributed by atoms with E-state index in [0.717, 1.165) is 5.56 Å². The van der Waals surface area contributed by atoms with Gasteiger partial charge in [-0.1, -0.05) is 6.07 Å². The van der Waals surface area contributed by atoms with Gasteiger partial charge in [-0.25, -0.2) is 0 Å². The number of hydrogen-bond acceptors (Lipinski definition) is 3. The Morgan fingerprint density at radius 1 is 1.64 bits per heavy atom. The zero-order chi connectivity index (χ0) is 10.6. The van der Waals surface area contributed by atoms with Gasteiger partial charge in [0.1, 0.15) is 0 Å². The van der Waals surface area contributed by atoms with Gasteiger partial charge in [-0.2, -0.15) is 0 Å². The molecule has 0 saturated carbocycles. The number of rotatable bonds is 4. The van der Waals surface area contributed by atoms with Crippen LogP contribution >= 0.6 is 0 Å². The maximum absolute atomic E-state index is 10.1. The minimum atomic E-state index is -0.849. The zero-order valence-corrected chi connectivity index (χ0v) is 8.90. The maximum atomic E-state index is 10.1.